The fraction of sp³-hybridized carbons (Fsp3) is 0.667. The molecule has 5 nitrogen and oxygen atoms in total. The molecule has 2 heterocycles. The van der Waals surface area contributed by atoms with Crippen LogP contribution in [0.25, 0.3) is 0 Å². The number of nitrogens with zero attached hydrogens (tertiary/aromatic N) is 2. The van der Waals surface area contributed by atoms with Crippen molar-refractivity contribution in [3.63, 3.8) is 0 Å². The summed E-state index contributed by atoms with van der Waals surface area (Å²) in [6.45, 7) is 7.58. The Morgan fingerprint density at radius 3 is 2.70 bits per heavy atom. The van der Waals surface area contributed by atoms with Crippen molar-refractivity contribution >= 4 is 6.03 Å². The van der Waals surface area contributed by atoms with Gasteiger partial charge in [-0.2, -0.15) is 0 Å². The zero-order chi connectivity index (χ0) is 14.1. The van der Waals surface area contributed by atoms with Crippen LogP contribution in [0, 0.1) is 13.8 Å². The van der Waals surface area contributed by atoms with Crippen molar-refractivity contribution in [2.45, 2.75) is 39.3 Å². The second-order valence-electron chi connectivity index (χ2n) is 5.76. The first-order valence-corrected chi connectivity index (χ1v) is 7.44. The second kappa shape index (κ2) is 5.48. The monoisotopic (exact) mass is 277 g/mol. The lowest BCUT2D eigenvalue weighted by atomic mass is 10.2. The standard InChI is InChI=1S/C15H23N3O2/c1-11-9-13(12(2)18(11)14-3-4-14)10-16-15(19)17-5-7-20-8-6-17/h9,14H,3-8,10H2,1-2H3,(H,16,19). The van der Waals surface area contributed by atoms with Crippen LogP contribution in [0.2, 0.25) is 0 Å². The summed E-state index contributed by atoms with van der Waals surface area (Å²) in [5.41, 5.74) is 3.84. The van der Waals surface area contributed by atoms with Crippen molar-refractivity contribution in [3.05, 3.63) is 23.0 Å². The van der Waals surface area contributed by atoms with Gasteiger partial charge in [-0.05, 0) is 38.3 Å². The van der Waals surface area contributed by atoms with Gasteiger partial charge in [0, 0.05) is 37.1 Å². The smallest absolute Gasteiger partial charge is 0.317 e. The fourth-order valence-corrected chi connectivity index (χ4v) is 2.97. The molecule has 1 aromatic rings. The van der Waals surface area contributed by atoms with E-state index in [0.29, 0.717) is 38.9 Å². The van der Waals surface area contributed by atoms with Crippen LogP contribution >= 0.6 is 0 Å². The van der Waals surface area contributed by atoms with Gasteiger partial charge >= 0.3 is 6.03 Å². The molecular formula is C15H23N3O2. The Balaban J connectivity index is 1.60. The number of hydrogen-bond donors (Lipinski definition) is 1. The van der Waals surface area contributed by atoms with Crippen LogP contribution in [0.4, 0.5) is 4.79 Å². The highest BCUT2D eigenvalue weighted by Crippen LogP contribution is 2.38. The molecule has 2 amide bonds. The quantitative estimate of drug-likeness (QED) is 0.918. The summed E-state index contributed by atoms with van der Waals surface area (Å²) in [7, 11) is 0. The average molecular weight is 277 g/mol. The average Bonchev–Trinajstić information content (AvgIpc) is 3.24. The number of ether oxygens (including phenoxy) is 1. The SMILES string of the molecule is Cc1cc(CNC(=O)N2CCOCC2)c(C)n1C1CC1. The maximum Gasteiger partial charge on any atom is 0.317 e. The van der Waals surface area contributed by atoms with Gasteiger partial charge in [-0.15, -0.1) is 0 Å². The van der Waals surface area contributed by atoms with Gasteiger partial charge in [0.1, 0.15) is 0 Å². The Bertz CT molecular complexity index is 499. The molecule has 1 aliphatic heterocycles. The molecule has 20 heavy (non-hydrogen) atoms. The third-order valence-corrected chi connectivity index (χ3v) is 4.23. The molecule has 1 saturated carbocycles. The summed E-state index contributed by atoms with van der Waals surface area (Å²) in [6, 6.07) is 2.91. The highest BCUT2D eigenvalue weighted by Gasteiger charge is 2.27. The highest BCUT2D eigenvalue weighted by molar-refractivity contribution is 5.74. The summed E-state index contributed by atoms with van der Waals surface area (Å²) < 4.78 is 7.67. The van der Waals surface area contributed by atoms with Gasteiger partial charge in [0.15, 0.2) is 0 Å². The van der Waals surface area contributed by atoms with Crippen LogP contribution in [0.15, 0.2) is 6.07 Å². The number of hydrogen-bond acceptors (Lipinski definition) is 2. The zero-order valence-corrected chi connectivity index (χ0v) is 12.3. The maximum atomic E-state index is 12.1. The summed E-state index contributed by atoms with van der Waals surface area (Å²) in [4.78, 5) is 13.9. The lowest BCUT2D eigenvalue weighted by molar-refractivity contribution is 0.0531. The van der Waals surface area contributed by atoms with Crippen molar-refractivity contribution in [1.82, 2.24) is 14.8 Å². The topological polar surface area (TPSA) is 46.5 Å². The normalized spacial score (nSPS) is 19.2. The minimum atomic E-state index is 0.0181. The van der Waals surface area contributed by atoms with Crippen molar-refractivity contribution in [3.8, 4) is 0 Å². The van der Waals surface area contributed by atoms with E-state index in [-0.39, 0.29) is 6.03 Å². The Morgan fingerprint density at radius 1 is 1.35 bits per heavy atom. The van der Waals surface area contributed by atoms with E-state index in [9.17, 15) is 4.79 Å². The summed E-state index contributed by atoms with van der Waals surface area (Å²) in [6.07, 6.45) is 2.58. The molecule has 110 valence electrons. The number of carbonyl (C=O) groups excluding carboxylic acids is 1. The van der Waals surface area contributed by atoms with E-state index < -0.39 is 0 Å². The van der Waals surface area contributed by atoms with Crippen molar-refractivity contribution in [2.75, 3.05) is 26.3 Å². The molecule has 0 spiro atoms. The molecule has 0 radical (unpaired) electrons. The van der Waals surface area contributed by atoms with Crippen molar-refractivity contribution in [2.24, 2.45) is 0 Å². The molecule has 1 aliphatic carbocycles. The summed E-state index contributed by atoms with van der Waals surface area (Å²) >= 11 is 0. The molecule has 0 aromatic carbocycles. The van der Waals surface area contributed by atoms with E-state index in [1.165, 1.54) is 29.8 Å². The van der Waals surface area contributed by atoms with Crippen LogP contribution in [-0.4, -0.2) is 41.8 Å². The van der Waals surface area contributed by atoms with Gasteiger partial charge in [0.05, 0.1) is 13.2 Å². The van der Waals surface area contributed by atoms with Gasteiger partial charge in [-0.1, -0.05) is 0 Å². The highest BCUT2D eigenvalue weighted by atomic mass is 16.5. The van der Waals surface area contributed by atoms with Gasteiger partial charge in [0.2, 0.25) is 0 Å². The largest absolute Gasteiger partial charge is 0.378 e. The molecule has 0 atom stereocenters. The number of aryl methyl sites for hydroxylation is 1. The van der Waals surface area contributed by atoms with E-state index in [4.69, 9.17) is 4.74 Å². The molecule has 5 heteroatoms. The minimum absolute atomic E-state index is 0.0181. The molecule has 0 bridgehead atoms. The molecule has 1 aromatic heterocycles. The molecule has 0 unspecified atom stereocenters. The van der Waals surface area contributed by atoms with Crippen molar-refractivity contribution in [1.29, 1.82) is 0 Å². The first kappa shape index (κ1) is 13.5. The van der Waals surface area contributed by atoms with Crippen LogP contribution in [0.1, 0.15) is 35.8 Å². The Morgan fingerprint density at radius 2 is 2.05 bits per heavy atom. The minimum Gasteiger partial charge on any atom is -0.378 e. The van der Waals surface area contributed by atoms with E-state index in [1.807, 2.05) is 4.90 Å². The number of urea groups is 1. The van der Waals surface area contributed by atoms with Gasteiger partial charge in [-0.25, -0.2) is 4.79 Å². The van der Waals surface area contributed by atoms with Crippen LogP contribution in [-0.2, 0) is 11.3 Å². The predicted molar refractivity (Wildman–Crippen MR) is 76.8 cm³/mol. The van der Waals surface area contributed by atoms with Gasteiger partial charge in [-0.3, -0.25) is 0 Å². The van der Waals surface area contributed by atoms with E-state index >= 15 is 0 Å². The van der Waals surface area contributed by atoms with Gasteiger partial charge < -0.3 is 19.5 Å². The lowest BCUT2D eigenvalue weighted by Crippen LogP contribution is -2.45. The Labute approximate surface area is 119 Å². The number of nitrogens with one attached hydrogen (secondary N) is 1. The molecule has 2 fully saturated rings. The third kappa shape index (κ3) is 2.68. The van der Waals surface area contributed by atoms with E-state index in [0.717, 1.165) is 0 Å². The number of amides is 2. The first-order valence-electron chi connectivity index (χ1n) is 7.44. The summed E-state index contributed by atoms with van der Waals surface area (Å²) in [5, 5.41) is 3.03. The van der Waals surface area contributed by atoms with Gasteiger partial charge in [0.25, 0.3) is 0 Å². The van der Waals surface area contributed by atoms with Crippen molar-refractivity contribution < 1.29 is 9.53 Å². The first-order chi connectivity index (χ1) is 9.66. The molecule has 3 rings (SSSR count). The molecule has 1 N–H and O–H groups in total. The number of rotatable bonds is 3. The van der Waals surface area contributed by atoms with Crippen LogP contribution < -0.4 is 5.32 Å². The Kier molecular flexibility index (Phi) is 3.70. The zero-order valence-electron chi connectivity index (χ0n) is 12.3. The van der Waals surface area contributed by atoms with E-state index in [1.54, 1.807) is 0 Å². The number of morpholine rings is 1. The third-order valence-electron chi connectivity index (χ3n) is 4.23. The lowest BCUT2D eigenvalue weighted by Gasteiger charge is -2.26. The predicted octanol–water partition coefficient (Wildman–Crippen LogP) is 1.98. The molecule has 2 aliphatic rings. The number of aromatic nitrogens is 1. The molecule has 1 saturated heterocycles. The fourth-order valence-electron chi connectivity index (χ4n) is 2.97. The maximum absolute atomic E-state index is 12.1. The summed E-state index contributed by atoms with van der Waals surface area (Å²) in [5.74, 6) is 0. The Hall–Kier alpha value is -1.49. The number of carbonyl (C=O) groups is 1. The molecular weight excluding hydrogens is 254 g/mol. The van der Waals surface area contributed by atoms with E-state index in [2.05, 4.69) is 29.8 Å². The second-order valence-corrected chi connectivity index (χ2v) is 5.76. The van der Waals surface area contributed by atoms with Crippen LogP contribution in [0.3, 0.4) is 0 Å². The van der Waals surface area contributed by atoms with Crippen LogP contribution in [0.5, 0.6) is 0 Å².